The predicted octanol–water partition coefficient (Wildman–Crippen LogP) is 2.42. The SMILES string of the molecule is Cc1c(/C=C\N)c2ccccc2n1C. The summed E-state index contributed by atoms with van der Waals surface area (Å²) in [5, 5.41) is 1.26. The Morgan fingerprint density at radius 1 is 1.29 bits per heavy atom. The van der Waals surface area contributed by atoms with Gasteiger partial charge in [-0.15, -0.1) is 0 Å². The van der Waals surface area contributed by atoms with Crippen LogP contribution in [0, 0.1) is 6.92 Å². The molecule has 2 nitrogen and oxygen atoms in total. The third kappa shape index (κ3) is 1.11. The average Bonchev–Trinajstić information content (AvgIpc) is 2.45. The summed E-state index contributed by atoms with van der Waals surface area (Å²) >= 11 is 0. The predicted molar refractivity (Wildman–Crippen MR) is 60.9 cm³/mol. The number of fused-ring (bicyclic) bond motifs is 1. The van der Waals surface area contributed by atoms with Gasteiger partial charge in [0.25, 0.3) is 0 Å². The summed E-state index contributed by atoms with van der Waals surface area (Å²) in [6.45, 7) is 2.11. The van der Waals surface area contributed by atoms with E-state index in [0.29, 0.717) is 0 Å². The van der Waals surface area contributed by atoms with E-state index in [0.717, 1.165) is 0 Å². The summed E-state index contributed by atoms with van der Waals surface area (Å²) in [4.78, 5) is 0. The molecule has 0 spiro atoms. The first kappa shape index (κ1) is 8.88. The Morgan fingerprint density at radius 2 is 2.00 bits per heavy atom. The van der Waals surface area contributed by atoms with Crippen molar-refractivity contribution < 1.29 is 0 Å². The van der Waals surface area contributed by atoms with Gasteiger partial charge in [-0.1, -0.05) is 18.2 Å². The smallest absolute Gasteiger partial charge is 0.0486 e. The molecule has 0 atom stereocenters. The Hall–Kier alpha value is -1.70. The van der Waals surface area contributed by atoms with Gasteiger partial charge in [0.05, 0.1) is 0 Å². The summed E-state index contributed by atoms with van der Waals surface area (Å²) in [5.74, 6) is 0. The molecule has 2 N–H and O–H groups in total. The third-order valence-corrected chi connectivity index (χ3v) is 2.71. The van der Waals surface area contributed by atoms with Gasteiger partial charge < -0.3 is 10.3 Å². The topological polar surface area (TPSA) is 30.9 Å². The van der Waals surface area contributed by atoms with Gasteiger partial charge in [0.1, 0.15) is 0 Å². The molecule has 0 aliphatic rings. The number of nitrogens with zero attached hydrogens (tertiary/aromatic N) is 1. The number of rotatable bonds is 1. The van der Waals surface area contributed by atoms with Crippen molar-refractivity contribution in [2.45, 2.75) is 6.92 Å². The first-order valence-electron chi connectivity index (χ1n) is 4.68. The molecule has 1 heterocycles. The molecule has 0 fully saturated rings. The second-order valence-corrected chi connectivity index (χ2v) is 3.43. The molecule has 0 amide bonds. The van der Waals surface area contributed by atoms with Crippen LogP contribution < -0.4 is 5.73 Å². The molecule has 2 rings (SSSR count). The molecule has 0 radical (unpaired) electrons. The van der Waals surface area contributed by atoms with Crippen LogP contribution in [-0.4, -0.2) is 4.57 Å². The van der Waals surface area contributed by atoms with Crippen LogP contribution in [0.1, 0.15) is 11.3 Å². The van der Waals surface area contributed by atoms with Crippen molar-refractivity contribution in [1.82, 2.24) is 4.57 Å². The minimum Gasteiger partial charge on any atom is -0.405 e. The Morgan fingerprint density at radius 3 is 2.71 bits per heavy atom. The van der Waals surface area contributed by atoms with Crippen LogP contribution in [0.5, 0.6) is 0 Å². The monoisotopic (exact) mass is 186 g/mol. The molecular formula is C12H14N2. The lowest BCUT2D eigenvalue weighted by molar-refractivity contribution is 0.916. The van der Waals surface area contributed by atoms with Gasteiger partial charge >= 0.3 is 0 Å². The number of benzene rings is 1. The van der Waals surface area contributed by atoms with Crippen LogP contribution in [0.3, 0.4) is 0 Å². The van der Waals surface area contributed by atoms with E-state index in [4.69, 9.17) is 5.73 Å². The zero-order valence-electron chi connectivity index (χ0n) is 8.49. The number of para-hydroxylation sites is 1. The number of aryl methyl sites for hydroxylation is 1. The van der Waals surface area contributed by atoms with Crippen molar-refractivity contribution in [3.05, 3.63) is 41.7 Å². The second-order valence-electron chi connectivity index (χ2n) is 3.43. The quantitative estimate of drug-likeness (QED) is 0.728. The molecule has 0 bridgehead atoms. The highest BCUT2D eigenvalue weighted by molar-refractivity contribution is 5.91. The highest BCUT2D eigenvalue weighted by atomic mass is 14.9. The largest absolute Gasteiger partial charge is 0.405 e. The van der Waals surface area contributed by atoms with E-state index in [1.54, 1.807) is 6.20 Å². The maximum Gasteiger partial charge on any atom is 0.0486 e. The standard InChI is InChI=1S/C12H14N2/c1-9-10(7-8-13)11-5-3-4-6-12(11)14(9)2/h3-8H,13H2,1-2H3/b8-7-. The van der Waals surface area contributed by atoms with Crippen molar-refractivity contribution >= 4 is 17.0 Å². The van der Waals surface area contributed by atoms with Crippen LogP contribution in [0.25, 0.3) is 17.0 Å². The van der Waals surface area contributed by atoms with Crippen molar-refractivity contribution in [2.24, 2.45) is 12.8 Å². The molecule has 2 aromatic rings. The van der Waals surface area contributed by atoms with E-state index in [9.17, 15) is 0 Å². The maximum atomic E-state index is 5.44. The molecule has 0 aliphatic carbocycles. The number of aromatic nitrogens is 1. The molecule has 72 valence electrons. The molecule has 0 saturated carbocycles. The Balaban J connectivity index is 2.87. The third-order valence-electron chi connectivity index (χ3n) is 2.71. The first-order valence-corrected chi connectivity index (χ1v) is 4.68. The molecular weight excluding hydrogens is 172 g/mol. The van der Waals surface area contributed by atoms with Gasteiger partial charge in [-0.05, 0) is 25.3 Å². The molecule has 2 heteroatoms. The van der Waals surface area contributed by atoms with E-state index >= 15 is 0 Å². The number of hydrogen-bond acceptors (Lipinski definition) is 1. The van der Waals surface area contributed by atoms with Gasteiger partial charge in [-0.25, -0.2) is 0 Å². The maximum absolute atomic E-state index is 5.44. The van der Waals surface area contributed by atoms with Crippen molar-refractivity contribution in [2.75, 3.05) is 0 Å². The lowest BCUT2D eigenvalue weighted by Crippen LogP contribution is -1.90. The van der Waals surface area contributed by atoms with E-state index in [2.05, 4.69) is 42.8 Å². The lowest BCUT2D eigenvalue weighted by atomic mass is 10.1. The van der Waals surface area contributed by atoms with Gasteiger partial charge in [0.2, 0.25) is 0 Å². The summed E-state index contributed by atoms with van der Waals surface area (Å²) in [6.07, 6.45) is 3.55. The van der Waals surface area contributed by atoms with E-state index in [1.165, 1.54) is 22.2 Å². The van der Waals surface area contributed by atoms with E-state index in [1.807, 2.05) is 6.08 Å². The molecule has 0 aliphatic heterocycles. The molecule has 1 aromatic heterocycles. The summed E-state index contributed by atoms with van der Waals surface area (Å²) in [6, 6.07) is 8.35. The van der Waals surface area contributed by atoms with Crippen molar-refractivity contribution in [3.63, 3.8) is 0 Å². The summed E-state index contributed by atoms with van der Waals surface area (Å²) < 4.78 is 2.19. The summed E-state index contributed by atoms with van der Waals surface area (Å²) in [5.41, 5.74) is 9.15. The molecule has 0 saturated heterocycles. The van der Waals surface area contributed by atoms with Crippen LogP contribution in [-0.2, 0) is 7.05 Å². The zero-order chi connectivity index (χ0) is 10.1. The summed E-state index contributed by atoms with van der Waals surface area (Å²) in [7, 11) is 2.07. The Bertz CT molecular complexity index is 492. The fourth-order valence-electron chi connectivity index (χ4n) is 1.86. The van der Waals surface area contributed by atoms with Gasteiger partial charge in [0, 0.05) is 29.2 Å². The highest BCUT2D eigenvalue weighted by Gasteiger charge is 2.07. The van der Waals surface area contributed by atoms with Crippen molar-refractivity contribution in [1.29, 1.82) is 0 Å². The fourth-order valence-corrected chi connectivity index (χ4v) is 1.86. The minimum absolute atomic E-state index is 1.21. The molecule has 0 unspecified atom stereocenters. The highest BCUT2D eigenvalue weighted by Crippen LogP contribution is 2.25. The van der Waals surface area contributed by atoms with E-state index < -0.39 is 0 Å². The minimum atomic E-state index is 1.21. The zero-order valence-corrected chi connectivity index (χ0v) is 8.49. The van der Waals surface area contributed by atoms with Crippen LogP contribution >= 0.6 is 0 Å². The van der Waals surface area contributed by atoms with Crippen molar-refractivity contribution in [3.8, 4) is 0 Å². The number of hydrogen-bond donors (Lipinski definition) is 1. The first-order chi connectivity index (χ1) is 6.75. The van der Waals surface area contributed by atoms with Gasteiger partial charge in [0.15, 0.2) is 0 Å². The van der Waals surface area contributed by atoms with Crippen LogP contribution in [0.2, 0.25) is 0 Å². The molecule has 1 aromatic carbocycles. The fraction of sp³-hybridized carbons (Fsp3) is 0.167. The number of nitrogens with two attached hydrogens (primary N) is 1. The Kier molecular flexibility index (Phi) is 2.04. The van der Waals surface area contributed by atoms with Gasteiger partial charge in [-0.3, -0.25) is 0 Å². The van der Waals surface area contributed by atoms with Gasteiger partial charge in [-0.2, -0.15) is 0 Å². The molecule has 14 heavy (non-hydrogen) atoms. The van der Waals surface area contributed by atoms with Crippen LogP contribution in [0.15, 0.2) is 30.5 Å². The lowest BCUT2D eigenvalue weighted by Gasteiger charge is -1.97. The Labute approximate surface area is 83.6 Å². The average molecular weight is 186 g/mol. The van der Waals surface area contributed by atoms with Crippen LogP contribution in [0.4, 0.5) is 0 Å². The second kappa shape index (κ2) is 3.22. The van der Waals surface area contributed by atoms with E-state index in [-0.39, 0.29) is 0 Å². The normalized spacial score (nSPS) is 11.6.